The highest BCUT2D eigenvalue weighted by Crippen LogP contribution is 1.92. The normalized spacial score (nSPS) is 12.7. The number of carbonyl (C=O) groups is 2. The molecule has 0 radical (unpaired) electrons. The number of imide groups is 1. The Morgan fingerprint density at radius 3 is 2.31 bits per heavy atom. The maximum absolute atomic E-state index is 11.2. The van der Waals surface area contributed by atoms with Crippen LogP contribution in [0.15, 0.2) is 0 Å². The second kappa shape index (κ2) is 7.46. The van der Waals surface area contributed by atoms with Gasteiger partial charge in [-0.3, -0.25) is 10.1 Å². The van der Waals surface area contributed by atoms with Gasteiger partial charge in [-0.15, -0.1) is 11.6 Å². The van der Waals surface area contributed by atoms with Crippen LogP contribution < -0.4 is 10.6 Å². The van der Waals surface area contributed by atoms with Gasteiger partial charge in [0.15, 0.2) is 0 Å². The third-order valence-corrected chi connectivity index (χ3v) is 2.43. The first-order chi connectivity index (χ1) is 7.34. The number of alkyl halides is 1. The average Bonchev–Trinajstić information content (AvgIpc) is 2.16. The minimum absolute atomic E-state index is 0.425. The van der Waals surface area contributed by atoms with Crippen molar-refractivity contribution in [3.63, 3.8) is 0 Å². The van der Waals surface area contributed by atoms with Gasteiger partial charge in [0.2, 0.25) is 5.91 Å². The molecule has 1 unspecified atom stereocenters. The van der Waals surface area contributed by atoms with E-state index < -0.39 is 17.3 Å². The number of nitrogens with one attached hydrogen (secondary N) is 2. The molecule has 0 spiro atoms. The zero-order valence-corrected chi connectivity index (χ0v) is 11.0. The monoisotopic (exact) mass is 249 g/mol. The van der Waals surface area contributed by atoms with Crippen LogP contribution in [0.25, 0.3) is 0 Å². The summed E-state index contributed by atoms with van der Waals surface area (Å²) in [5.74, 6) is -0.489. The number of urea groups is 1. The van der Waals surface area contributed by atoms with E-state index in [1.165, 1.54) is 6.92 Å². The Kier molecular flexibility index (Phi) is 7.08. The van der Waals surface area contributed by atoms with Gasteiger partial charge in [-0.1, -0.05) is 0 Å². The van der Waals surface area contributed by atoms with Crippen LogP contribution in [0, 0.1) is 0 Å². The summed E-state index contributed by atoms with van der Waals surface area (Å²) in [5.41, 5.74) is 0. The second-order valence-corrected chi connectivity index (χ2v) is 4.59. The largest absolute Gasteiger partial charge is 0.337 e. The van der Waals surface area contributed by atoms with Crippen LogP contribution in [0.1, 0.15) is 20.8 Å². The average molecular weight is 250 g/mol. The lowest BCUT2D eigenvalue weighted by atomic mass is 10.3. The summed E-state index contributed by atoms with van der Waals surface area (Å²) in [5, 5.41) is 4.02. The minimum Gasteiger partial charge on any atom is -0.337 e. The van der Waals surface area contributed by atoms with Crippen LogP contribution in [0.3, 0.4) is 0 Å². The molecule has 94 valence electrons. The van der Waals surface area contributed by atoms with Gasteiger partial charge >= 0.3 is 6.03 Å². The lowest BCUT2D eigenvalue weighted by Gasteiger charge is -2.20. The molecule has 0 saturated heterocycles. The lowest BCUT2D eigenvalue weighted by Crippen LogP contribution is -2.44. The van der Waals surface area contributed by atoms with Crippen molar-refractivity contribution in [2.75, 3.05) is 20.1 Å². The Labute approximate surface area is 102 Å². The van der Waals surface area contributed by atoms with E-state index in [0.29, 0.717) is 12.6 Å². The standard InChI is InChI=1S/C10H20ClN3O2/c1-7(2)14(4)6-5-12-10(16)13-9(15)8(3)11/h7-8H,5-6H2,1-4H3,(H2,12,13,15,16). The minimum atomic E-state index is -0.705. The molecule has 0 saturated carbocycles. The summed E-state index contributed by atoms with van der Waals surface area (Å²) in [6, 6.07) is -0.0796. The number of hydrogen-bond acceptors (Lipinski definition) is 3. The molecule has 0 aromatic heterocycles. The molecule has 16 heavy (non-hydrogen) atoms. The highest BCUT2D eigenvalue weighted by Gasteiger charge is 2.12. The molecule has 0 aliphatic heterocycles. The summed E-state index contributed by atoms with van der Waals surface area (Å²) in [4.78, 5) is 24.3. The number of hydrogen-bond donors (Lipinski definition) is 2. The highest BCUT2D eigenvalue weighted by atomic mass is 35.5. The summed E-state index contributed by atoms with van der Waals surface area (Å²) >= 11 is 5.50. The van der Waals surface area contributed by atoms with Crippen molar-refractivity contribution in [2.45, 2.75) is 32.2 Å². The van der Waals surface area contributed by atoms with Gasteiger partial charge in [-0.05, 0) is 27.8 Å². The molecule has 6 heteroatoms. The van der Waals surface area contributed by atoms with Crippen LogP contribution in [0.4, 0.5) is 4.79 Å². The zero-order chi connectivity index (χ0) is 12.7. The molecular weight excluding hydrogens is 230 g/mol. The molecule has 0 rings (SSSR count). The summed E-state index contributed by atoms with van der Waals surface area (Å²) < 4.78 is 0. The number of likely N-dealkylation sites (N-methyl/N-ethyl adjacent to an activating group) is 1. The van der Waals surface area contributed by atoms with Gasteiger partial charge in [0.25, 0.3) is 0 Å². The van der Waals surface area contributed by atoms with Crippen molar-refractivity contribution in [1.29, 1.82) is 0 Å². The van der Waals surface area contributed by atoms with Gasteiger partial charge in [-0.25, -0.2) is 4.79 Å². The molecule has 0 aromatic carbocycles. The van der Waals surface area contributed by atoms with Crippen molar-refractivity contribution in [3.8, 4) is 0 Å². The Hall–Kier alpha value is -0.810. The van der Waals surface area contributed by atoms with Crippen LogP contribution in [0.2, 0.25) is 0 Å². The predicted molar refractivity (Wildman–Crippen MR) is 64.6 cm³/mol. The first-order valence-corrected chi connectivity index (χ1v) is 5.71. The van der Waals surface area contributed by atoms with E-state index in [0.717, 1.165) is 6.54 Å². The molecule has 0 bridgehead atoms. The van der Waals surface area contributed by atoms with Crippen LogP contribution >= 0.6 is 11.6 Å². The molecular formula is C10H20ClN3O2. The van der Waals surface area contributed by atoms with Crippen molar-refractivity contribution in [3.05, 3.63) is 0 Å². The first kappa shape index (κ1) is 15.2. The van der Waals surface area contributed by atoms with E-state index in [1.807, 2.05) is 7.05 Å². The molecule has 0 fully saturated rings. The topological polar surface area (TPSA) is 61.4 Å². The zero-order valence-electron chi connectivity index (χ0n) is 10.2. The third-order valence-electron chi connectivity index (χ3n) is 2.23. The highest BCUT2D eigenvalue weighted by molar-refractivity contribution is 6.31. The Bertz CT molecular complexity index is 244. The molecule has 1 atom stereocenters. The van der Waals surface area contributed by atoms with Crippen molar-refractivity contribution in [1.82, 2.24) is 15.5 Å². The van der Waals surface area contributed by atoms with E-state index in [9.17, 15) is 9.59 Å². The molecule has 2 N–H and O–H groups in total. The quantitative estimate of drug-likeness (QED) is 0.708. The van der Waals surface area contributed by atoms with Gasteiger partial charge in [0.1, 0.15) is 5.38 Å². The molecule has 5 nitrogen and oxygen atoms in total. The fourth-order valence-corrected chi connectivity index (χ4v) is 0.914. The maximum Gasteiger partial charge on any atom is 0.321 e. The maximum atomic E-state index is 11.2. The van der Waals surface area contributed by atoms with E-state index >= 15 is 0 Å². The van der Waals surface area contributed by atoms with Crippen molar-refractivity contribution in [2.24, 2.45) is 0 Å². The SMILES string of the molecule is CC(Cl)C(=O)NC(=O)NCCN(C)C(C)C. The lowest BCUT2D eigenvalue weighted by molar-refractivity contribution is -0.119. The Morgan fingerprint density at radius 1 is 1.31 bits per heavy atom. The number of amides is 3. The Morgan fingerprint density at radius 2 is 1.88 bits per heavy atom. The smallest absolute Gasteiger partial charge is 0.321 e. The van der Waals surface area contributed by atoms with Gasteiger partial charge in [0, 0.05) is 19.1 Å². The summed E-state index contributed by atoms with van der Waals surface area (Å²) in [6.07, 6.45) is 0. The Balaban J connectivity index is 3.71. The molecule has 0 aromatic rings. The summed E-state index contributed by atoms with van der Waals surface area (Å²) in [6.45, 7) is 6.87. The molecule has 3 amide bonds. The van der Waals surface area contributed by atoms with E-state index in [2.05, 4.69) is 29.4 Å². The van der Waals surface area contributed by atoms with E-state index in [4.69, 9.17) is 11.6 Å². The fourth-order valence-electron chi connectivity index (χ4n) is 0.860. The van der Waals surface area contributed by atoms with Gasteiger partial charge in [0.05, 0.1) is 0 Å². The van der Waals surface area contributed by atoms with E-state index in [1.54, 1.807) is 0 Å². The van der Waals surface area contributed by atoms with Gasteiger partial charge in [-0.2, -0.15) is 0 Å². The number of halogens is 1. The number of nitrogens with zero attached hydrogens (tertiary/aromatic N) is 1. The molecule has 0 aliphatic carbocycles. The third kappa shape index (κ3) is 6.63. The predicted octanol–water partition coefficient (Wildman–Crippen LogP) is 0.780. The van der Waals surface area contributed by atoms with Crippen LogP contribution in [-0.2, 0) is 4.79 Å². The van der Waals surface area contributed by atoms with Crippen molar-refractivity contribution < 1.29 is 9.59 Å². The first-order valence-electron chi connectivity index (χ1n) is 5.27. The van der Waals surface area contributed by atoms with Crippen molar-refractivity contribution >= 4 is 23.5 Å². The molecule has 0 heterocycles. The fraction of sp³-hybridized carbons (Fsp3) is 0.800. The second-order valence-electron chi connectivity index (χ2n) is 3.94. The number of rotatable bonds is 5. The van der Waals surface area contributed by atoms with Crippen LogP contribution in [-0.4, -0.2) is 48.4 Å². The molecule has 0 aliphatic rings. The van der Waals surface area contributed by atoms with Crippen LogP contribution in [0.5, 0.6) is 0 Å². The summed E-state index contributed by atoms with van der Waals surface area (Å²) in [7, 11) is 1.97. The number of carbonyl (C=O) groups excluding carboxylic acids is 2. The van der Waals surface area contributed by atoms with Gasteiger partial charge < -0.3 is 10.2 Å². The van der Waals surface area contributed by atoms with E-state index in [-0.39, 0.29) is 0 Å².